The molecule has 0 unspecified atom stereocenters. The first-order valence-electron chi connectivity index (χ1n) is 8.67. The van der Waals surface area contributed by atoms with Crippen molar-refractivity contribution < 1.29 is 14.3 Å². The molecule has 2 aromatic carbocycles. The molecule has 0 aromatic heterocycles. The molecule has 132 valence electrons. The third-order valence-electron chi connectivity index (χ3n) is 4.41. The highest BCUT2D eigenvalue weighted by molar-refractivity contribution is 5.94. The Morgan fingerprint density at radius 3 is 2.40 bits per heavy atom. The molecule has 1 heterocycles. The van der Waals surface area contributed by atoms with Crippen molar-refractivity contribution in [3.05, 3.63) is 59.2 Å². The van der Waals surface area contributed by atoms with Gasteiger partial charge in [-0.3, -0.25) is 9.69 Å². The fourth-order valence-corrected chi connectivity index (χ4v) is 2.80. The average molecular weight is 340 g/mol. The molecule has 0 spiro atoms. The first-order valence-corrected chi connectivity index (χ1v) is 8.67. The summed E-state index contributed by atoms with van der Waals surface area (Å²) in [7, 11) is 0. The van der Waals surface area contributed by atoms with Crippen LogP contribution in [0, 0.1) is 0 Å². The Morgan fingerprint density at radius 1 is 1.00 bits per heavy atom. The lowest BCUT2D eigenvalue weighted by molar-refractivity contribution is 0.0951. The van der Waals surface area contributed by atoms with Gasteiger partial charge < -0.3 is 14.8 Å². The summed E-state index contributed by atoms with van der Waals surface area (Å²) in [5.41, 5.74) is 2.87. The largest absolute Gasteiger partial charge is 0.454 e. The van der Waals surface area contributed by atoms with Crippen LogP contribution in [0.2, 0.25) is 0 Å². The fourth-order valence-electron chi connectivity index (χ4n) is 2.80. The van der Waals surface area contributed by atoms with Crippen LogP contribution in [0.5, 0.6) is 11.5 Å². The number of fused-ring (bicyclic) bond motifs is 1. The van der Waals surface area contributed by atoms with Crippen molar-refractivity contribution >= 4 is 5.91 Å². The van der Waals surface area contributed by atoms with Gasteiger partial charge in [-0.1, -0.05) is 32.0 Å². The van der Waals surface area contributed by atoms with E-state index in [1.165, 1.54) is 5.56 Å². The minimum absolute atomic E-state index is 0.0768. The summed E-state index contributed by atoms with van der Waals surface area (Å²) in [6.07, 6.45) is 0. The minimum Gasteiger partial charge on any atom is -0.454 e. The molecule has 0 atom stereocenters. The van der Waals surface area contributed by atoms with E-state index in [1.54, 1.807) is 0 Å². The molecule has 1 amide bonds. The van der Waals surface area contributed by atoms with Crippen LogP contribution < -0.4 is 14.8 Å². The fraction of sp³-hybridized carbons (Fsp3) is 0.350. The highest BCUT2D eigenvalue weighted by Crippen LogP contribution is 2.32. The van der Waals surface area contributed by atoms with Crippen LogP contribution in [0.4, 0.5) is 0 Å². The van der Waals surface area contributed by atoms with Crippen molar-refractivity contribution in [3.8, 4) is 11.5 Å². The van der Waals surface area contributed by atoms with Gasteiger partial charge in [0.2, 0.25) is 6.79 Å². The van der Waals surface area contributed by atoms with Gasteiger partial charge in [-0.25, -0.2) is 0 Å². The molecule has 1 aliphatic heterocycles. The van der Waals surface area contributed by atoms with Crippen LogP contribution >= 0.6 is 0 Å². The molecular formula is C20H24N2O3. The summed E-state index contributed by atoms with van der Waals surface area (Å²) < 4.78 is 10.6. The SMILES string of the molecule is CCN(CC)Cc1ccc(C(=O)NCc2ccc3c(c2)OCO3)cc1. The molecule has 3 rings (SSSR count). The minimum atomic E-state index is -0.0768. The molecule has 2 aromatic rings. The quantitative estimate of drug-likeness (QED) is 0.841. The molecule has 5 heteroatoms. The van der Waals surface area contributed by atoms with E-state index >= 15 is 0 Å². The number of carbonyl (C=O) groups excluding carboxylic acids is 1. The summed E-state index contributed by atoms with van der Waals surface area (Å²) in [5, 5.41) is 2.94. The van der Waals surface area contributed by atoms with Gasteiger partial charge >= 0.3 is 0 Å². The Bertz CT molecular complexity index is 724. The van der Waals surface area contributed by atoms with E-state index in [0.29, 0.717) is 12.1 Å². The highest BCUT2D eigenvalue weighted by atomic mass is 16.7. The Labute approximate surface area is 148 Å². The van der Waals surface area contributed by atoms with E-state index in [2.05, 4.69) is 24.1 Å². The third-order valence-corrected chi connectivity index (χ3v) is 4.41. The molecule has 0 fully saturated rings. The number of ether oxygens (including phenoxy) is 2. The molecule has 0 saturated heterocycles. The van der Waals surface area contributed by atoms with Gasteiger partial charge in [-0.15, -0.1) is 0 Å². The summed E-state index contributed by atoms with van der Waals surface area (Å²) in [6, 6.07) is 13.5. The van der Waals surface area contributed by atoms with E-state index in [4.69, 9.17) is 9.47 Å². The second-order valence-electron chi connectivity index (χ2n) is 6.03. The number of amides is 1. The van der Waals surface area contributed by atoms with Gasteiger partial charge in [0.1, 0.15) is 0 Å². The van der Waals surface area contributed by atoms with Crippen molar-refractivity contribution in [2.45, 2.75) is 26.9 Å². The molecule has 0 saturated carbocycles. The molecular weight excluding hydrogens is 316 g/mol. The highest BCUT2D eigenvalue weighted by Gasteiger charge is 2.13. The number of nitrogens with one attached hydrogen (secondary N) is 1. The van der Waals surface area contributed by atoms with E-state index < -0.39 is 0 Å². The van der Waals surface area contributed by atoms with Crippen molar-refractivity contribution in [2.24, 2.45) is 0 Å². The monoisotopic (exact) mass is 340 g/mol. The van der Waals surface area contributed by atoms with Gasteiger partial charge in [0.25, 0.3) is 5.91 Å². The van der Waals surface area contributed by atoms with Gasteiger partial charge in [-0.05, 0) is 48.5 Å². The number of rotatable bonds is 7. The van der Waals surface area contributed by atoms with Crippen LogP contribution in [0.15, 0.2) is 42.5 Å². The molecule has 5 nitrogen and oxygen atoms in total. The lowest BCUT2D eigenvalue weighted by Crippen LogP contribution is -2.23. The first kappa shape index (κ1) is 17.3. The number of hydrogen-bond acceptors (Lipinski definition) is 4. The normalized spacial score (nSPS) is 12.4. The molecule has 25 heavy (non-hydrogen) atoms. The average Bonchev–Trinajstić information content (AvgIpc) is 3.12. The van der Waals surface area contributed by atoms with Crippen LogP contribution in [0.3, 0.4) is 0 Å². The second kappa shape index (κ2) is 8.03. The maximum atomic E-state index is 12.3. The summed E-state index contributed by atoms with van der Waals surface area (Å²) in [5.74, 6) is 1.40. The zero-order valence-corrected chi connectivity index (χ0v) is 14.7. The summed E-state index contributed by atoms with van der Waals surface area (Å²) in [6.45, 7) is 7.97. The maximum absolute atomic E-state index is 12.3. The Morgan fingerprint density at radius 2 is 1.68 bits per heavy atom. The number of hydrogen-bond donors (Lipinski definition) is 1. The van der Waals surface area contributed by atoms with Gasteiger partial charge in [0.15, 0.2) is 11.5 Å². The molecule has 0 aliphatic carbocycles. The predicted molar refractivity (Wildman–Crippen MR) is 96.8 cm³/mol. The van der Waals surface area contributed by atoms with E-state index in [0.717, 1.165) is 36.7 Å². The zero-order chi connectivity index (χ0) is 17.6. The molecule has 0 bridgehead atoms. The van der Waals surface area contributed by atoms with Crippen molar-refractivity contribution in [2.75, 3.05) is 19.9 Å². The van der Waals surface area contributed by atoms with Gasteiger partial charge in [0, 0.05) is 18.7 Å². The van der Waals surface area contributed by atoms with Gasteiger partial charge in [0.05, 0.1) is 0 Å². The summed E-state index contributed by atoms with van der Waals surface area (Å²) in [4.78, 5) is 14.7. The van der Waals surface area contributed by atoms with E-state index in [9.17, 15) is 4.79 Å². The van der Waals surface area contributed by atoms with Crippen LogP contribution in [-0.4, -0.2) is 30.7 Å². The zero-order valence-electron chi connectivity index (χ0n) is 14.7. The molecule has 1 N–H and O–H groups in total. The Balaban J connectivity index is 1.56. The van der Waals surface area contributed by atoms with Crippen LogP contribution in [0.1, 0.15) is 35.3 Å². The number of carbonyl (C=O) groups is 1. The van der Waals surface area contributed by atoms with Gasteiger partial charge in [-0.2, -0.15) is 0 Å². The van der Waals surface area contributed by atoms with Crippen molar-refractivity contribution in [3.63, 3.8) is 0 Å². The van der Waals surface area contributed by atoms with Crippen LogP contribution in [-0.2, 0) is 13.1 Å². The smallest absolute Gasteiger partial charge is 0.251 e. The van der Waals surface area contributed by atoms with Crippen LogP contribution in [0.25, 0.3) is 0 Å². The first-order chi connectivity index (χ1) is 12.2. The topological polar surface area (TPSA) is 50.8 Å². The Hall–Kier alpha value is -2.53. The lowest BCUT2D eigenvalue weighted by Gasteiger charge is -2.18. The maximum Gasteiger partial charge on any atom is 0.251 e. The predicted octanol–water partition coefficient (Wildman–Crippen LogP) is 3.19. The molecule has 0 radical (unpaired) electrons. The second-order valence-corrected chi connectivity index (χ2v) is 6.03. The number of nitrogens with zero attached hydrogens (tertiary/aromatic N) is 1. The Kier molecular flexibility index (Phi) is 5.56. The van der Waals surface area contributed by atoms with Crippen molar-refractivity contribution in [1.82, 2.24) is 10.2 Å². The van der Waals surface area contributed by atoms with E-state index in [-0.39, 0.29) is 12.7 Å². The third kappa shape index (κ3) is 4.31. The van der Waals surface area contributed by atoms with E-state index in [1.807, 2.05) is 42.5 Å². The van der Waals surface area contributed by atoms with Crippen molar-refractivity contribution in [1.29, 1.82) is 0 Å². The number of benzene rings is 2. The molecule has 1 aliphatic rings. The summed E-state index contributed by atoms with van der Waals surface area (Å²) >= 11 is 0. The standard InChI is InChI=1S/C20H24N2O3/c1-3-22(4-2)13-15-5-8-17(9-6-15)20(23)21-12-16-7-10-18-19(11-16)25-14-24-18/h5-11H,3-4,12-14H2,1-2H3,(H,21,23). The lowest BCUT2D eigenvalue weighted by atomic mass is 10.1.